The molecule has 1 heterocycles. The molecule has 0 aliphatic rings. The van der Waals surface area contributed by atoms with E-state index in [0.717, 1.165) is 0 Å². The molecule has 0 spiro atoms. The molecule has 0 fully saturated rings. The first-order valence-corrected chi connectivity index (χ1v) is 8.00. The molecule has 0 saturated carbocycles. The van der Waals surface area contributed by atoms with Crippen LogP contribution >= 0.6 is 15.9 Å². The first-order valence-electron chi connectivity index (χ1n) is 7.20. The SMILES string of the molecule is C[C@@H](NC(=O)/C(=C/c1ccco1)NC(=O)c1cccc(Br)c1)C(=O)[O-]. The van der Waals surface area contributed by atoms with Crippen molar-refractivity contribution in [1.29, 1.82) is 0 Å². The number of halogens is 1. The smallest absolute Gasteiger partial charge is 0.268 e. The largest absolute Gasteiger partial charge is 0.548 e. The highest BCUT2D eigenvalue weighted by Crippen LogP contribution is 2.13. The zero-order valence-electron chi connectivity index (χ0n) is 13.1. The zero-order valence-corrected chi connectivity index (χ0v) is 14.7. The molecule has 0 unspecified atom stereocenters. The summed E-state index contributed by atoms with van der Waals surface area (Å²) in [5.74, 6) is -2.43. The second-order valence-corrected chi connectivity index (χ2v) is 5.97. The van der Waals surface area contributed by atoms with Gasteiger partial charge in [0.15, 0.2) is 0 Å². The molecule has 8 heteroatoms. The van der Waals surface area contributed by atoms with E-state index in [4.69, 9.17) is 4.42 Å². The van der Waals surface area contributed by atoms with Gasteiger partial charge in [0, 0.05) is 16.1 Å². The minimum atomic E-state index is -1.44. The van der Waals surface area contributed by atoms with E-state index in [1.54, 1.807) is 36.4 Å². The molecule has 2 aromatic rings. The van der Waals surface area contributed by atoms with E-state index >= 15 is 0 Å². The fraction of sp³-hybridized carbons (Fsp3) is 0.118. The Hall–Kier alpha value is -2.87. The minimum Gasteiger partial charge on any atom is -0.548 e. The number of amides is 2. The number of aliphatic carboxylic acids is 1. The number of carboxylic acid groups (broad SMARTS) is 1. The van der Waals surface area contributed by atoms with E-state index in [1.165, 1.54) is 19.3 Å². The molecule has 7 nitrogen and oxygen atoms in total. The highest BCUT2D eigenvalue weighted by atomic mass is 79.9. The van der Waals surface area contributed by atoms with Gasteiger partial charge in [0.1, 0.15) is 11.5 Å². The van der Waals surface area contributed by atoms with Crippen molar-refractivity contribution in [3.63, 3.8) is 0 Å². The van der Waals surface area contributed by atoms with Crippen LogP contribution in [-0.2, 0) is 9.59 Å². The van der Waals surface area contributed by atoms with Gasteiger partial charge in [0.05, 0.1) is 18.3 Å². The third-order valence-corrected chi connectivity index (χ3v) is 3.60. The molecule has 0 bridgehead atoms. The predicted octanol–water partition coefficient (Wildman–Crippen LogP) is 1.07. The molecule has 1 atom stereocenters. The summed E-state index contributed by atoms with van der Waals surface area (Å²) in [5, 5.41) is 15.5. The fourth-order valence-electron chi connectivity index (χ4n) is 1.83. The molecule has 2 rings (SSSR count). The molecule has 1 aromatic heterocycles. The molecule has 2 N–H and O–H groups in total. The van der Waals surface area contributed by atoms with Gasteiger partial charge in [-0.1, -0.05) is 22.0 Å². The van der Waals surface area contributed by atoms with Gasteiger partial charge < -0.3 is 25.0 Å². The number of carbonyl (C=O) groups excluding carboxylic acids is 3. The summed E-state index contributed by atoms with van der Waals surface area (Å²) in [6, 6.07) is 8.56. The van der Waals surface area contributed by atoms with Crippen LogP contribution in [0, 0.1) is 0 Å². The van der Waals surface area contributed by atoms with Crippen LogP contribution in [0.3, 0.4) is 0 Å². The molecule has 0 aliphatic carbocycles. The average molecular weight is 406 g/mol. The Morgan fingerprint density at radius 3 is 2.60 bits per heavy atom. The molecule has 2 amide bonds. The lowest BCUT2D eigenvalue weighted by Gasteiger charge is -2.16. The van der Waals surface area contributed by atoms with E-state index in [-0.39, 0.29) is 5.70 Å². The first-order chi connectivity index (χ1) is 11.9. The third-order valence-electron chi connectivity index (χ3n) is 3.11. The normalized spacial score (nSPS) is 12.3. The van der Waals surface area contributed by atoms with Crippen LogP contribution in [0.1, 0.15) is 23.0 Å². The maximum atomic E-state index is 12.3. The second-order valence-electron chi connectivity index (χ2n) is 5.05. The van der Waals surface area contributed by atoms with Gasteiger partial charge in [-0.05, 0) is 37.3 Å². The number of benzene rings is 1. The maximum Gasteiger partial charge on any atom is 0.268 e. The van der Waals surface area contributed by atoms with Gasteiger partial charge in [-0.25, -0.2) is 0 Å². The molecule has 130 valence electrons. The van der Waals surface area contributed by atoms with Crippen molar-refractivity contribution in [2.24, 2.45) is 0 Å². The lowest BCUT2D eigenvalue weighted by Crippen LogP contribution is -2.48. The average Bonchev–Trinajstić information content (AvgIpc) is 3.07. The molecule has 25 heavy (non-hydrogen) atoms. The fourth-order valence-corrected chi connectivity index (χ4v) is 2.23. The van der Waals surface area contributed by atoms with Crippen molar-refractivity contribution in [3.8, 4) is 0 Å². The van der Waals surface area contributed by atoms with Gasteiger partial charge in [0.2, 0.25) is 0 Å². The van der Waals surface area contributed by atoms with E-state index in [1.807, 2.05) is 0 Å². The Morgan fingerprint density at radius 1 is 1.24 bits per heavy atom. The summed E-state index contributed by atoms with van der Waals surface area (Å²) in [5.41, 5.74) is 0.161. The Balaban J connectivity index is 2.24. The molecular weight excluding hydrogens is 392 g/mol. The molecular formula is C17H14BrN2O5-. The Morgan fingerprint density at radius 2 is 2.00 bits per heavy atom. The van der Waals surface area contributed by atoms with E-state index in [2.05, 4.69) is 26.6 Å². The van der Waals surface area contributed by atoms with E-state index < -0.39 is 23.8 Å². The van der Waals surface area contributed by atoms with Crippen LogP contribution in [0.25, 0.3) is 6.08 Å². The van der Waals surface area contributed by atoms with Gasteiger partial charge in [-0.2, -0.15) is 0 Å². The number of carboxylic acids is 1. The predicted molar refractivity (Wildman–Crippen MR) is 90.9 cm³/mol. The number of nitrogens with one attached hydrogen (secondary N) is 2. The van der Waals surface area contributed by atoms with E-state index in [0.29, 0.717) is 15.8 Å². The summed E-state index contributed by atoms with van der Waals surface area (Å²) in [4.78, 5) is 35.4. The van der Waals surface area contributed by atoms with Gasteiger partial charge >= 0.3 is 0 Å². The molecule has 1 aromatic carbocycles. The topological polar surface area (TPSA) is 111 Å². The van der Waals surface area contributed by atoms with Crippen LogP contribution in [-0.4, -0.2) is 23.8 Å². The van der Waals surface area contributed by atoms with Crippen LogP contribution in [0.5, 0.6) is 0 Å². The van der Waals surface area contributed by atoms with Crippen molar-refractivity contribution < 1.29 is 23.9 Å². The third kappa shape index (κ3) is 5.32. The number of carbonyl (C=O) groups is 3. The van der Waals surface area contributed by atoms with Crippen molar-refractivity contribution in [3.05, 3.63) is 64.2 Å². The summed E-state index contributed by atoms with van der Waals surface area (Å²) < 4.78 is 5.83. The number of rotatable bonds is 6. The van der Waals surface area contributed by atoms with Gasteiger partial charge in [-0.3, -0.25) is 9.59 Å². The monoisotopic (exact) mass is 405 g/mol. The van der Waals surface area contributed by atoms with Crippen LogP contribution in [0.2, 0.25) is 0 Å². The number of hydrogen-bond donors (Lipinski definition) is 2. The highest BCUT2D eigenvalue weighted by Gasteiger charge is 2.17. The Bertz CT molecular complexity index is 814. The van der Waals surface area contributed by atoms with Crippen LogP contribution in [0.4, 0.5) is 0 Å². The Kier molecular flexibility index (Phi) is 6.13. The summed E-state index contributed by atoms with van der Waals surface area (Å²) in [6.45, 7) is 1.26. The number of furan rings is 1. The zero-order chi connectivity index (χ0) is 18.4. The molecule has 0 radical (unpaired) electrons. The van der Waals surface area contributed by atoms with Crippen molar-refractivity contribution in [2.45, 2.75) is 13.0 Å². The summed E-state index contributed by atoms with van der Waals surface area (Å²) >= 11 is 3.26. The van der Waals surface area contributed by atoms with Gasteiger partial charge in [-0.15, -0.1) is 0 Å². The number of hydrogen-bond acceptors (Lipinski definition) is 5. The lowest BCUT2D eigenvalue weighted by molar-refractivity contribution is -0.307. The standard InChI is InChI=1S/C17H15BrN2O5/c1-10(17(23)24)19-16(22)14(9-13-6-3-7-25-13)20-15(21)11-4-2-5-12(18)8-11/h2-10H,1H3,(H,19,22)(H,20,21)(H,23,24)/p-1/b14-9-/t10-/m1/s1. The summed E-state index contributed by atoms with van der Waals surface area (Å²) in [6.07, 6.45) is 2.70. The molecule has 0 aliphatic heterocycles. The first kappa shape index (κ1) is 18.5. The van der Waals surface area contributed by atoms with Crippen LogP contribution < -0.4 is 15.7 Å². The quantitative estimate of drug-likeness (QED) is 0.698. The second kappa shape index (κ2) is 8.29. The lowest BCUT2D eigenvalue weighted by atomic mass is 10.2. The Labute approximate surface area is 151 Å². The minimum absolute atomic E-state index is 0.159. The van der Waals surface area contributed by atoms with Gasteiger partial charge in [0.25, 0.3) is 11.8 Å². The maximum absolute atomic E-state index is 12.3. The van der Waals surface area contributed by atoms with Crippen molar-refractivity contribution in [1.82, 2.24) is 10.6 Å². The van der Waals surface area contributed by atoms with E-state index in [9.17, 15) is 19.5 Å². The highest BCUT2D eigenvalue weighted by molar-refractivity contribution is 9.10. The molecule has 0 saturated heterocycles. The van der Waals surface area contributed by atoms with Crippen molar-refractivity contribution >= 4 is 39.8 Å². The summed E-state index contributed by atoms with van der Waals surface area (Å²) in [7, 11) is 0. The van der Waals surface area contributed by atoms with Crippen LogP contribution in [0.15, 0.2) is 57.2 Å². The van der Waals surface area contributed by atoms with Crippen molar-refractivity contribution in [2.75, 3.05) is 0 Å².